The maximum Gasteiger partial charge on any atom is 0.314 e. The summed E-state index contributed by atoms with van der Waals surface area (Å²) < 4.78 is 37.3. The third-order valence-electron chi connectivity index (χ3n) is 11.3. The van der Waals surface area contributed by atoms with E-state index in [-0.39, 0.29) is 36.0 Å². The Morgan fingerprint density at radius 3 is 2.70 bits per heavy atom. The van der Waals surface area contributed by atoms with Crippen molar-refractivity contribution in [2.75, 3.05) is 20.3 Å². The van der Waals surface area contributed by atoms with E-state index < -0.39 is 38.3 Å². The molecule has 4 fully saturated rings. The van der Waals surface area contributed by atoms with Gasteiger partial charge in [0.05, 0.1) is 24.5 Å². The molecule has 6 aliphatic rings. The summed E-state index contributed by atoms with van der Waals surface area (Å²) in [4.78, 5) is 26.5. The number of methoxy groups -OCH3 is 1. The van der Waals surface area contributed by atoms with Crippen LogP contribution in [-0.4, -0.2) is 64.9 Å². The van der Waals surface area contributed by atoms with Crippen LogP contribution in [0, 0.1) is 29.1 Å². The molecule has 0 aromatic heterocycles. The van der Waals surface area contributed by atoms with Gasteiger partial charge in [0.1, 0.15) is 12.2 Å². The monoisotopic (exact) mass is 574 g/mol. The van der Waals surface area contributed by atoms with Gasteiger partial charge in [0.25, 0.3) is 0 Å². The highest BCUT2D eigenvalue weighted by Gasteiger charge is 2.65. The number of allylic oxidation sites excluding steroid dienone is 1. The second-order valence-corrected chi connectivity index (χ2v) is 18.1. The van der Waals surface area contributed by atoms with Gasteiger partial charge >= 0.3 is 11.9 Å². The molecule has 3 saturated heterocycles. The zero-order chi connectivity index (χ0) is 28.3. The minimum atomic E-state index is -2.14. The Bertz CT molecular complexity index is 1070. The summed E-state index contributed by atoms with van der Waals surface area (Å²) in [5, 5.41) is 0. The molecule has 9 atom stereocenters. The smallest absolute Gasteiger partial charge is 0.314 e. The van der Waals surface area contributed by atoms with E-state index in [1.54, 1.807) is 7.11 Å². The number of hydrogen-bond acceptors (Lipinski definition) is 8. The molecular formula is C31H46O8Si. The van der Waals surface area contributed by atoms with Crippen molar-refractivity contribution in [2.24, 2.45) is 29.1 Å². The van der Waals surface area contributed by atoms with Gasteiger partial charge in [-0.1, -0.05) is 58.8 Å². The summed E-state index contributed by atoms with van der Waals surface area (Å²) >= 11 is 0. The van der Waals surface area contributed by atoms with Crippen molar-refractivity contribution in [3.63, 3.8) is 0 Å². The van der Waals surface area contributed by atoms with Crippen molar-refractivity contribution in [2.45, 2.75) is 108 Å². The van der Waals surface area contributed by atoms with Crippen LogP contribution in [0.15, 0.2) is 23.8 Å². The van der Waals surface area contributed by atoms with Crippen LogP contribution in [0.5, 0.6) is 0 Å². The number of cyclic esters (lactones) is 1. The number of fused-ring (bicyclic) bond motifs is 4. The molecule has 2 bridgehead atoms. The summed E-state index contributed by atoms with van der Waals surface area (Å²) in [6.07, 6.45) is 10.7. The summed E-state index contributed by atoms with van der Waals surface area (Å²) in [5.74, 6) is -1.34. The quantitative estimate of drug-likeness (QED) is 0.209. The van der Waals surface area contributed by atoms with Gasteiger partial charge in [-0.25, -0.2) is 0 Å². The van der Waals surface area contributed by atoms with Crippen LogP contribution >= 0.6 is 0 Å². The third-order valence-corrected chi connectivity index (χ3v) is 16.6. The van der Waals surface area contributed by atoms with Gasteiger partial charge in [-0.05, 0) is 48.4 Å². The lowest BCUT2D eigenvalue weighted by Crippen LogP contribution is -2.60. The minimum absolute atomic E-state index is 0.0142. The van der Waals surface area contributed by atoms with E-state index in [1.165, 1.54) is 0 Å². The molecule has 3 heterocycles. The highest BCUT2D eigenvalue weighted by Crippen LogP contribution is 2.57. The number of carbonyl (C=O) groups excluding carboxylic acids is 2. The number of rotatable bonds is 9. The normalized spacial score (nSPS) is 41.8. The van der Waals surface area contributed by atoms with Crippen LogP contribution in [0.2, 0.25) is 17.6 Å². The average Bonchev–Trinajstić information content (AvgIpc) is 3.62. The highest BCUT2D eigenvalue weighted by molar-refractivity contribution is 6.75. The van der Waals surface area contributed by atoms with Gasteiger partial charge in [-0.3, -0.25) is 9.59 Å². The molecule has 0 aromatic carbocycles. The maximum atomic E-state index is 13.6. The van der Waals surface area contributed by atoms with E-state index in [0.29, 0.717) is 24.5 Å². The molecule has 8 nitrogen and oxygen atoms in total. The molecule has 0 amide bonds. The van der Waals surface area contributed by atoms with E-state index in [9.17, 15) is 9.59 Å². The lowest BCUT2D eigenvalue weighted by atomic mass is 9.55. The first-order valence-electron chi connectivity index (χ1n) is 15.5. The molecule has 0 radical (unpaired) electrons. The summed E-state index contributed by atoms with van der Waals surface area (Å²) in [5.41, 5.74) is 0.522. The lowest BCUT2D eigenvalue weighted by Gasteiger charge is -2.50. The zero-order valence-electron chi connectivity index (χ0n) is 24.7. The van der Waals surface area contributed by atoms with Gasteiger partial charge in [-0.2, -0.15) is 0 Å². The van der Waals surface area contributed by atoms with Crippen LogP contribution in [-0.2, 0) is 37.7 Å². The second-order valence-electron chi connectivity index (χ2n) is 13.2. The third kappa shape index (κ3) is 4.29. The molecule has 3 aliphatic carbocycles. The minimum Gasteiger partial charge on any atom is -0.465 e. The fourth-order valence-corrected chi connectivity index (χ4v) is 12.7. The first-order chi connectivity index (χ1) is 19.2. The Kier molecular flexibility index (Phi) is 7.60. The van der Waals surface area contributed by atoms with Gasteiger partial charge < -0.3 is 28.1 Å². The highest BCUT2D eigenvalue weighted by atomic mass is 28.4. The average molecular weight is 575 g/mol. The molecule has 9 heteroatoms. The van der Waals surface area contributed by atoms with Crippen molar-refractivity contribution >= 4 is 20.3 Å². The predicted octanol–water partition coefficient (Wildman–Crippen LogP) is 5.28. The molecule has 222 valence electrons. The Morgan fingerprint density at radius 2 is 1.98 bits per heavy atom. The molecule has 0 N–H and O–H groups in total. The predicted molar refractivity (Wildman–Crippen MR) is 149 cm³/mol. The number of carbonyl (C=O) groups is 2. The fraction of sp³-hybridized carbons (Fsp3) is 0.806. The Balaban J connectivity index is 1.23. The topological polar surface area (TPSA) is 89.5 Å². The molecule has 1 spiro atoms. The van der Waals surface area contributed by atoms with Crippen LogP contribution in [0.25, 0.3) is 0 Å². The van der Waals surface area contributed by atoms with Crippen molar-refractivity contribution < 1.29 is 37.7 Å². The number of esters is 2. The van der Waals surface area contributed by atoms with Gasteiger partial charge in [0.15, 0.2) is 20.9 Å². The van der Waals surface area contributed by atoms with E-state index >= 15 is 0 Å². The first-order valence-corrected chi connectivity index (χ1v) is 17.9. The van der Waals surface area contributed by atoms with Gasteiger partial charge in [0.2, 0.25) is 0 Å². The van der Waals surface area contributed by atoms with Gasteiger partial charge in [0, 0.05) is 24.9 Å². The molecule has 0 aromatic rings. The van der Waals surface area contributed by atoms with Crippen LogP contribution < -0.4 is 0 Å². The first kappa shape index (κ1) is 28.6. The molecule has 6 rings (SSSR count). The van der Waals surface area contributed by atoms with Crippen molar-refractivity contribution in [3.05, 3.63) is 23.8 Å². The zero-order valence-corrected chi connectivity index (χ0v) is 25.7. The standard InChI is InChI=1S/C31H46O8Si/c1-6-40(7-2,19(3)4)39-31-16-25(34-5)38-29(31)37-22-14-20(24(31)15-22)17-35-27(32)23-12-11-21-10-8-9-13-30(21)18-36-28(33)26(23)30/h11-12,14,19,21-26,29H,6-10,13,15-18H2,1-5H3/t21-,22-,23-,24-,25?,26-,29-,30-,31+/m1/s1. The van der Waals surface area contributed by atoms with Crippen molar-refractivity contribution in [1.82, 2.24) is 0 Å². The summed E-state index contributed by atoms with van der Waals surface area (Å²) in [6, 6.07) is 2.01. The fourth-order valence-electron chi connectivity index (χ4n) is 8.94. The molecule has 3 aliphatic heterocycles. The Hall–Kier alpha value is -1.52. The van der Waals surface area contributed by atoms with E-state index in [4.69, 9.17) is 28.1 Å². The van der Waals surface area contributed by atoms with E-state index in [2.05, 4.69) is 39.8 Å². The van der Waals surface area contributed by atoms with Crippen molar-refractivity contribution in [3.8, 4) is 0 Å². The second kappa shape index (κ2) is 10.6. The largest absolute Gasteiger partial charge is 0.465 e. The summed E-state index contributed by atoms with van der Waals surface area (Å²) in [6.45, 7) is 9.59. The Labute approximate surface area is 239 Å². The molecule has 1 saturated carbocycles. The lowest BCUT2D eigenvalue weighted by molar-refractivity contribution is -0.261. The van der Waals surface area contributed by atoms with Gasteiger partial charge in [-0.15, -0.1) is 0 Å². The molecule has 40 heavy (non-hydrogen) atoms. The Morgan fingerprint density at radius 1 is 1.18 bits per heavy atom. The van der Waals surface area contributed by atoms with E-state index in [1.807, 2.05) is 6.08 Å². The SMILES string of the molecule is CC[Si](CC)(O[C@]12CC(OC)O[C@H]1O[C@@H]1C=C(COC(=O)[C@@H]3C=C[C@H]4CCCC[C@@]45COC(=O)[C@@H]35)[C@H]2C1)C(C)C. The van der Waals surface area contributed by atoms with Crippen LogP contribution in [0.1, 0.15) is 66.2 Å². The number of ether oxygens (including phenoxy) is 5. The van der Waals surface area contributed by atoms with Crippen LogP contribution in [0.3, 0.4) is 0 Å². The molecule has 1 unspecified atom stereocenters. The van der Waals surface area contributed by atoms with Crippen molar-refractivity contribution in [1.29, 1.82) is 0 Å². The maximum absolute atomic E-state index is 13.6. The van der Waals surface area contributed by atoms with Crippen LogP contribution in [0.4, 0.5) is 0 Å². The molecular weight excluding hydrogens is 528 g/mol. The summed E-state index contributed by atoms with van der Waals surface area (Å²) in [7, 11) is -0.476. The van der Waals surface area contributed by atoms with E-state index in [0.717, 1.165) is 49.8 Å². The number of hydrogen-bond donors (Lipinski definition) is 0.